The fourth-order valence-corrected chi connectivity index (χ4v) is 7.19. The summed E-state index contributed by atoms with van der Waals surface area (Å²) in [5.41, 5.74) is 10.7. The lowest BCUT2D eigenvalue weighted by Gasteiger charge is -2.12. The Morgan fingerprint density at radius 1 is 0.358 bits per heavy atom. The third-order valence-electron chi connectivity index (χ3n) is 9.83. The number of pyridine rings is 1. The highest BCUT2D eigenvalue weighted by atomic mass is 16.3. The number of rotatable bonds is 6. The molecule has 3 heterocycles. The number of benzene rings is 7. The van der Waals surface area contributed by atoms with Crippen LogP contribution in [0.2, 0.25) is 0 Å². The Morgan fingerprint density at radius 2 is 0.906 bits per heavy atom. The van der Waals surface area contributed by atoms with Crippen molar-refractivity contribution < 1.29 is 4.42 Å². The molecule has 5 nitrogen and oxygen atoms in total. The molecule has 0 aliphatic rings. The monoisotopic (exact) mass is 678 g/mol. The van der Waals surface area contributed by atoms with Crippen molar-refractivity contribution in [3.05, 3.63) is 182 Å². The molecule has 0 unspecified atom stereocenters. The number of fused-ring (bicyclic) bond motifs is 4. The van der Waals surface area contributed by atoms with Crippen LogP contribution in [0.25, 0.3) is 100 Å². The van der Waals surface area contributed by atoms with E-state index in [4.69, 9.17) is 19.4 Å². The van der Waals surface area contributed by atoms with Crippen molar-refractivity contribution >= 4 is 32.8 Å². The summed E-state index contributed by atoms with van der Waals surface area (Å²) in [6.07, 6.45) is 1.75. The van der Waals surface area contributed by atoms with Gasteiger partial charge in [-0.15, -0.1) is 0 Å². The van der Waals surface area contributed by atoms with E-state index in [9.17, 15) is 0 Å². The third kappa shape index (κ3) is 5.61. The molecule has 0 bridgehead atoms. The van der Waals surface area contributed by atoms with E-state index in [1.165, 1.54) is 21.9 Å². The zero-order valence-corrected chi connectivity index (χ0v) is 28.5. The van der Waals surface area contributed by atoms with Crippen molar-refractivity contribution in [2.24, 2.45) is 0 Å². The van der Waals surface area contributed by atoms with Crippen molar-refractivity contribution in [3.63, 3.8) is 0 Å². The van der Waals surface area contributed by atoms with Gasteiger partial charge >= 0.3 is 0 Å². The first-order valence-corrected chi connectivity index (χ1v) is 17.6. The van der Waals surface area contributed by atoms with E-state index in [-0.39, 0.29) is 0 Å². The molecule has 0 amide bonds. The van der Waals surface area contributed by atoms with Gasteiger partial charge in [-0.25, -0.2) is 19.9 Å². The number of aromatic nitrogens is 4. The van der Waals surface area contributed by atoms with E-state index >= 15 is 0 Å². The van der Waals surface area contributed by atoms with Crippen LogP contribution in [0.1, 0.15) is 0 Å². The molecule has 10 rings (SSSR count). The molecule has 10 aromatic rings. The maximum Gasteiger partial charge on any atom is 0.227 e. The summed E-state index contributed by atoms with van der Waals surface area (Å²) < 4.78 is 6.40. The van der Waals surface area contributed by atoms with Crippen molar-refractivity contribution in [3.8, 4) is 67.5 Å². The van der Waals surface area contributed by atoms with Gasteiger partial charge in [0.2, 0.25) is 5.71 Å². The lowest BCUT2D eigenvalue weighted by atomic mass is 9.96. The molecule has 248 valence electrons. The largest absolute Gasteiger partial charge is 0.438 e. The van der Waals surface area contributed by atoms with Gasteiger partial charge in [-0.2, -0.15) is 0 Å². The number of furan rings is 1. The topological polar surface area (TPSA) is 64.7 Å². The first-order chi connectivity index (χ1) is 26.2. The number of hydrogen-bond acceptors (Lipinski definition) is 5. The Balaban J connectivity index is 1.15. The second-order valence-electron chi connectivity index (χ2n) is 13.1. The second-order valence-corrected chi connectivity index (χ2v) is 13.1. The van der Waals surface area contributed by atoms with Gasteiger partial charge in [0.25, 0.3) is 0 Å². The molecule has 0 fully saturated rings. The summed E-state index contributed by atoms with van der Waals surface area (Å²) in [7, 11) is 0. The maximum atomic E-state index is 6.40. The summed E-state index contributed by atoms with van der Waals surface area (Å²) in [5, 5.41) is 4.26. The lowest BCUT2D eigenvalue weighted by molar-refractivity contribution is 0.654. The normalized spacial score (nSPS) is 11.4. The van der Waals surface area contributed by atoms with Crippen LogP contribution in [0.4, 0.5) is 0 Å². The Morgan fingerprint density at radius 3 is 1.66 bits per heavy atom. The molecular formula is C48H30N4O. The molecular weight excluding hydrogens is 649 g/mol. The van der Waals surface area contributed by atoms with Crippen LogP contribution in [0.15, 0.2) is 187 Å². The van der Waals surface area contributed by atoms with Crippen molar-refractivity contribution in [2.45, 2.75) is 0 Å². The summed E-state index contributed by atoms with van der Waals surface area (Å²) in [4.78, 5) is 19.9. The minimum Gasteiger partial charge on any atom is -0.438 e. The molecule has 3 aromatic heterocycles. The first-order valence-electron chi connectivity index (χ1n) is 17.6. The molecule has 0 radical (unpaired) electrons. The van der Waals surface area contributed by atoms with Gasteiger partial charge in [-0.3, -0.25) is 0 Å². The highest BCUT2D eigenvalue weighted by Crippen LogP contribution is 2.40. The molecule has 0 saturated carbocycles. The summed E-state index contributed by atoms with van der Waals surface area (Å²) in [6.45, 7) is 0. The van der Waals surface area contributed by atoms with Crippen LogP contribution in [-0.4, -0.2) is 19.9 Å². The van der Waals surface area contributed by atoms with Crippen LogP contribution in [0.5, 0.6) is 0 Å². The Bertz CT molecular complexity index is 2910. The Labute approximate surface area is 305 Å². The average molecular weight is 679 g/mol. The molecule has 0 spiro atoms. The molecule has 0 saturated heterocycles. The highest BCUT2D eigenvalue weighted by Gasteiger charge is 2.20. The lowest BCUT2D eigenvalue weighted by Crippen LogP contribution is -2.00. The Kier molecular flexibility index (Phi) is 7.40. The predicted molar refractivity (Wildman–Crippen MR) is 215 cm³/mol. The van der Waals surface area contributed by atoms with Crippen molar-refractivity contribution in [1.82, 2.24) is 19.9 Å². The summed E-state index contributed by atoms with van der Waals surface area (Å²) >= 11 is 0. The highest BCUT2D eigenvalue weighted by molar-refractivity contribution is 6.12. The molecule has 53 heavy (non-hydrogen) atoms. The minimum absolute atomic E-state index is 0.561. The van der Waals surface area contributed by atoms with E-state index in [2.05, 4.69) is 132 Å². The zero-order valence-electron chi connectivity index (χ0n) is 28.5. The molecule has 5 heteroatoms. The summed E-state index contributed by atoms with van der Waals surface area (Å²) in [5.74, 6) is 1.75. The van der Waals surface area contributed by atoms with E-state index in [1.807, 2.05) is 48.5 Å². The molecule has 0 aliphatic heterocycles. The SMILES string of the molecule is c1ccc(-c2ccc(-c3cc(-c4nc(-c5ccccc5)nc(-c5ccc(-c6cccc7ccccc67)cc5)n4)c4c(c3)oc3ncccc34)cc2)cc1. The van der Waals surface area contributed by atoms with Crippen LogP contribution >= 0.6 is 0 Å². The van der Waals surface area contributed by atoms with Crippen molar-refractivity contribution in [1.29, 1.82) is 0 Å². The number of hydrogen-bond donors (Lipinski definition) is 0. The quantitative estimate of drug-likeness (QED) is 0.175. The predicted octanol–water partition coefficient (Wildman–Crippen LogP) is 12.3. The van der Waals surface area contributed by atoms with Gasteiger partial charge in [-0.1, -0.05) is 152 Å². The third-order valence-corrected chi connectivity index (χ3v) is 9.83. The van der Waals surface area contributed by atoms with E-state index in [1.54, 1.807) is 6.20 Å². The Hall–Kier alpha value is -7.24. The van der Waals surface area contributed by atoms with Gasteiger partial charge in [-0.05, 0) is 68.4 Å². The fourth-order valence-electron chi connectivity index (χ4n) is 7.19. The zero-order chi connectivity index (χ0) is 35.1. The van der Waals surface area contributed by atoms with Gasteiger partial charge in [0.1, 0.15) is 5.58 Å². The minimum atomic E-state index is 0.561. The molecule has 0 aliphatic carbocycles. The van der Waals surface area contributed by atoms with Crippen LogP contribution in [0, 0.1) is 0 Å². The first kappa shape index (κ1) is 30.6. The van der Waals surface area contributed by atoms with Crippen LogP contribution in [0.3, 0.4) is 0 Å². The maximum absolute atomic E-state index is 6.40. The van der Waals surface area contributed by atoms with Gasteiger partial charge in [0.15, 0.2) is 17.5 Å². The molecule has 7 aromatic carbocycles. The van der Waals surface area contributed by atoms with E-state index in [0.717, 1.165) is 55.3 Å². The van der Waals surface area contributed by atoms with Crippen LogP contribution < -0.4 is 0 Å². The summed E-state index contributed by atoms with van der Waals surface area (Å²) in [6, 6.07) is 60.7. The van der Waals surface area contributed by atoms with E-state index in [0.29, 0.717) is 23.2 Å². The van der Waals surface area contributed by atoms with Gasteiger partial charge in [0.05, 0.1) is 0 Å². The number of nitrogens with zero attached hydrogens (tertiary/aromatic N) is 4. The second kappa shape index (κ2) is 12.8. The van der Waals surface area contributed by atoms with Gasteiger partial charge < -0.3 is 4.42 Å². The van der Waals surface area contributed by atoms with Crippen molar-refractivity contribution in [2.75, 3.05) is 0 Å². The fraction of sp³-hybridized carbons (Fsp3) is 0. The van der Waals surface area contributed by atoms with Gasteiger partial charge in [0, 0.05) is 33.7 Å². The smallest absolute Gasteiger partial charge is 0.227 e. The van der Waals surface area contributed by atoms with E-state index < -0.39 is 0 Å². The standard InChI is InChI=1S/C48H30N4O/c1-3-11-31(12-4-1)32-20-22-33(23-21-32)38-29-42(44-41-19-10-28-49-48(41)53-43(44)30-38)47-51-45(36-14-5-2-6-15-36)50-46(52-47)37-26-24-35(25-27-37)40-18-9-16-34-13-7-8-17-39(34)40/h1-30H. The molecule has 0 atom stereocenters. The average Bonchev–Trinajstić information content (AvgIpc) is 3.62. The van der Waals surface area contributed by atoms with Crippen LogP contribution in [-0.2, 0) is 0 Å². The molecule has 0 N–H and O–H groups in total.